The second-order valence-corrected chi connectivity index (χ2v) is 20.2. The molecular formula is C53H36N4OSi. The Labute approximate surface area is 341 Å². The van der Waals surface area contributed by atoms with Gasteiger partial charge in [0.1, 0.15) is 19.2 Å². The van der Waals surface area contributed by atoms with Crippen LogP contribution in [-0.4, -0.2) is 27.6 Å². The van der Waals surface area contributed by atoms with Crippen LogP contribution >= 0.6 is 0 Å². The van der Waals surface area contributed by atoms with Gasteiger partial charge in [-0.05, 0) is 63.0 Å². The van der Waals surface area contributed by atoms with Crippen LogP contribution in [0.5, 0.6) is 0 Å². The molecule has 0 saturated carbocycles. The van der Waals surface area contributed by atoms with Crippen LogP contribution in [0.15, 0.2) is 186 Å². The zero-order chi connectivity index (χ0) is 39.2. The predicted molar refractivity (Wildman–Crippen MR) is 245 cm³/mol. The molecule has 6 heteroatoms. The molecule has 1 aliphatic heterocycles. The Morgan fingerprint density at radius 2 is 0.932 bits per heavy atom. The number of hydrogen-bond donors (Lipinski definition) is 0. The lowest BCUT2D eigenvalue weighted by Crippen LogP contribution is -2.50. The number of furan rings is 1. The van der Waals surface area contributed by atoms with E-state index in [0.717, 1.165) is 60.9 Å². The molecule has 1 aliphatic rings. The van der Waals surface area contributed by atoms with E-state index in [1.807, 2.05) is 36.4 Å². The van der Waals surface area contributed by atoms with Gasteiger partial charge in [0.25, 0.3) is 0 Å². The molecule has 0 spiro atoms. The summed E-state index contributed by atoms with van der Waals surface area (Å²) >= 11 is 0. The number of aromatic nitrogens is 4. The monoisotopic (exact) mass is 772 g/mol. The van der Waals surface area contributed by atoms with Crippen LogP contribution in [0.4, 0.5) is 0 Å². The average Bonchev–Trinajstić information content (AvgIpc) is 3.92. The third kappa shape index (κ3) is 5.00. The van der Waals surface area contributed by atoms with Crippen LogP contribution in [0.1, 0.15) is 0 Å². The maximum Gasteiger partial charge on any atom is 0.166 e. The van der Waals surface area contributed by atoms with Crippen LogP contribution in [0.25, 0.3) is 106 Å². The largest absolute Gasteiger partial charge is 0.456 e. The highest BCUT2D eigenvalue weighted by atomic mass is 28.3. The van der Waals surface area contributed by atoms with Crippen molar-refractivity contribution in [2.45, 2.75) is 13.1 Å². The van der Waals surface area contributed by atoms with Crippen molar-refractivity contribution in [1.82, 2.24) is 19.5 Å². The zero-order valence-corrected chi connectivity index (χ0v) is 33.5. The van der Waals surface area contributed by atoms with Gasteiger partial charge in [-0.3, -0.25) is 0 Å². The first-order valence-electron chi connectivity index (χ1n) is 20.1. The smallest absolute Gasteiger partial charge is 0.166 e. The topological polar surface area (TPSA) is 56.7 Å². The third-order valence-corrected chi connectivity index (χ3v) is 15.8. The molecule has 0 unspecified atom stereocenters. The van der Waals surface area contributed by atoms with Crippen LogP contribution in [0.2, 0.25) is 13.1 Å². The summed E-state index contributed by atoms with van der Waals surface area (Å²) in [5.74, 6) is 1.80. The Balaban J connectivity index is 1.25. The van der Waals surface area contributed by atoms with E-state index in [-0.39, 0.29) is 0 Å². The molecule has 0 fully saturated rings. The van der Waals surface area contributed by atoms with E-state index in [0.29, 0.717) is 17.5 Å². The van der Waals surface area contributed by atoms with E-state index in [1.165, 1.54) is 37.8 Å². The van der Waals surface area contributed by atoms with Crippen LogP contribution < -0.4 is 10.4 Å². The maximum absolute atomic E-state index is 6.92. The average molecular weight is 773 g/mol. The van der Waals surface area contributed by atoms with Crippen molar-refractivity contribution >= 4 is 62.2 Å². The van der Waals surface area contributed by atoms with Crippen LogP contribution in [-0.2, 0) is 0 Å². The summed E-state index contributed by atoms with van der Waals surface area (Å²) in [5, 5.41) is 7.34. The van der Waals surface area contributed by atoms with Gasteiger partial charge in [0.05, 0.1) is 22.3 Å². The molecule has 5 nitrogen and oxygen atoms in total. The number of benzene rings is 8. The van der Waals surface area contributed by atoms with Gasteiger partial charge in [-0.25, -0.2) is 15.0 Å². The third-order valence-electron chi connectivity index (χ3n) is 12.3. The highest BCUT2D eigenvalue weighted by Crippen LogP contribution is 2.46. The molecule has 0 aliphatic carbocycles. The van der Waals surface area contributed by atoms with Gasteiger partial charge in [-0.15, -0.1) is 0 Å². The van der Waals surface area contributed by atoms with Crippen molar-refractivity contribution in [1.29, 1.82) is 0 Å². The zero-order valence-electron chi connectivity index (χ0n) is 32.5. The second kappa shape index (κ2) is 12.8. The first kappa shape index (κ1) is 33.7. The molecule has 0 bridgehead atoms. The Kier molecular flexibility index (Phi) is 7.31. The van der Waals surface area contributed by atoms with Crippen molar-refractivity contribution in [2.75, 3.05) is 0 Å². The van der Waals surface area contributed by atoms with E-state index >= 15 is 0 Å². The van der Waals surface area contributed by atoms with E-state index in [4.69, 9.17) is 19.4 Å². The minimum Gasteiger partial charge on any atom is -0.456 e. The Bertz CT molecular complexity index is 3370. The van der Waals surface area contributed by atoms with Crippen molar-refractivity contribution in [3.05, 3.63) is 182 Å². The maximum atomic E-state index is 6.92. The van der Waals surface area contributed by atoms with Crippen LogP contribution in [0.3, 0.4) is 0 Å². The summed E-state index contributed by atoms with van der Waals surface area (Å²) in [7, 11) is -2.09. The SMILES string of the molecule is C[Si]1(C)c2ccccc2-c2cccc(-c3cccc4oc5ccc(-n6c7ccccc7c7ccccc76)c(-c6nc(-c7ccccc7)nc(-c7ccccc7)n6)c5c34)c21. The van der Waals surface area contributed by atoms with Crippen molar-refractivity contribution < 1.29 is 4.42 Å². The molecule has 0 atom stereocenters. The Morgan fingerprint density at radius 1 is 0.424 bits per heavy atom. The molecule has 12 rings (SSSR count). The van der Waals surface area contributed by atoms with E-state index < -0.39 is 8.07 Å². The van der Waals surface area contributed by atoms with Crippen molar-refractivity contribution in [3.8, 4) is 62.1 Å². The highest BCUT2D eigenvalue weighted by molar-refractivity contribution is 7.04. The van der Waals surface area contributed by atoms with Gasteiger partial charge in [0, 0.05) is 32.7 Å². The van der Waals surface area contributed by atoms with Crippen molar-refractivity contribution in [2.24, 2.45) is 0 Å². The molecule has 4 heterocycles. The molecule has 8 aromatic carbocycles. The number of nitrogens with zero attached hydrogens (tertiary/aromatic N) is 4. The predicted octanol–water partition coefficient (Wildman–Crippen LogP) is 12.3. The molecular weight excluding hydrogens is 737 g/mol. The molecule has 59 heavy (non-hydrogen) atoms. The number of rotatable bonds is 5. The fourth-order valence-electron chi connectivity index (χ4n) is 9.71. The summed E-state index contributed by atoms with van der Waals surface area (Å²) < 4.78 is 9.29. The second-order valence-electron chi connectivity index (χ2n) is 15.9. The first-order valence-corrected chi connectivity index (χ1v) is 23.1. The van der Waals surface area contributed by atoms with E-state index in [1.54, 1.807) is 0 Å². The minimum atomic E-state index is -2.09. The number of para-hydroxylation sites is 2. The van der Waals surface area contributed by atoms with Gasteiger partial charge in [-0.2, -0.15) is 0 Å². The quantitative estimate of drug-likeness (QED) is 0.164. The molecule has 278 valence electrons. The summed E-state index contributed by atoms with van der Waals surface area (Å²) in [5.41, 5.74) is 12.6. The number of fused-ring (bicyclic) bond motifs is 9. The standard InChI is InChI=1S/C53H36N4OSi/c1-59(2)46-30-14-11-23-37(46)39-25-15-26-40(50(39)59)38-24-16-29-44-47(38)49-45(58-44)32-31-43(57-41-27-12-9-21-35(41)36-22-10-13-28-42(36)57)48(49)53-55-51(33-17-5-3-6-18-33)54-52(56-53)34-19-7-4-8-20-34/h3-32H,1-2H3. The van der Waals surface area contributed by atoms with Crippen molar-refractivity contribution in [3.63, 3.8) is 0 Å². The highest BCUT2D eigenvalue weighted by Gasteiger charge is 2.39. The Morgan fingerprint density at radius 3 is 1.61 bits per heavy atom. The molecule has 0 saturated heterocycles. The Hall–Kier alpha value is -7.41. The first-order chi connectivity index (χ1) is 29.0. The summed E-state index contributed by atoms with van der Waals surface area (Å²) in [4.78, 5) is 15.9. The van der Waals surface area contributed by atoms with E-state index in [2.05, 4.69) is 163 Å². The van der Waals surface area contributed by atoms with Gasteiger partial charge in [0.2, 0.25) is 0 Å². The minimum absolute atomic E-state index is 0.582. The fourth-order valence-corrected chi connectivity index (χ4v) is 13.2. The van der Waals surface area contributed by atoms with Gasteiger partial charge < -0.3 is 8.98 Å². The summed E-state index contributed by atoms with van der Waals surface area (Å²) in [6.07, 6.45) is 0. The molecule has 3 aromatic heterocycles. The summed E-state index contributed by atoms with van der Waals surface area (Å²) in [6, 6.07) is 64.3. The molecule has 0 radical (unpaired) electrons. The lowest BCUT2D eigenvalue weighted by Gasteiger charge is -2.22. The van der Waals surface area contributed by atoms with Gasteiger partial charge in [-0.1, -0.05) is 165 Å². The molecule has 0 N–H and O–H groups in total. The number of hydrogen-bond acceptors (Lipinski definition) is 4. The summed E-state index contributed by atoms with van der Waals surface area (Å²) in [6.45, 7) is 4.98. The van der Waals surface area contributed by atoms with Gasteiger partial charge >= 0.3 is 0 Å². The fraction of sp³-hybridized carbons (Fsp3) is 0.0377. The molecule has 11 aromatic rings. The lowest BCUT2D eigenvalue weighted by atomic mass is 9.94. The molecule has 0 amide bonds. The van der Waals surface area contributed by atoms with E-state index in [9.17, 15) is 0 Å². The normalized spacial score (nSPS) is 13.1. The lowest BCUT2D eigenvalue weighted by molar-refractivity contribution is 0.669. The van der Waals surface area contributed by atoms with Gasteiger partial charge in [0.15, 0.2) is 17.5 Å². The van der Waals surface area contributed by atoms with Crippen LogP contribution in [0, 0.1) is 0 Å².